The minimum absolute atomic E-state index is 0.0119. The number of H-pyrrole nitrogens is 1. The molecule has 5 heteroatoms. The van der Waals surface area contributed by atoms with E-state index in [0.717, 1.165) is 35.1 Å². The monoisotopic (exact) mass is 396 g/mol. The van der Waals surface area contributed by atoms with E-state index < -0.39 is 0 Å². The zero-order valence-electron chi connectivity index (χ0n) is 17.0. The van der Waals surface area contributed by atoms with Crippen molar-refractivity contribution in [2.24, 2.45) is 0 Å². The lowest BCUT2D eigenvalue weighted by molar-refractivity contribution is 0.0741. The molecule has 5 rings (SSSR count). The van der Waals surface area contributed by atoms with Crippen molar-refractivity contribution in [1.82, 2.24) is 15.1 Å². The highest BCUT2D eigenvalue weighted by Crippen LogP contribution is 2.28. The molecule has 150 valence electrons. The molecule has 0 spiro atoms. The van der Waals surface area contributed by atoms with E-state index in [1.165, 1.54) is 11.3 Å². The Bertz CT molecular complexity index is 1200. The fourth-order valence-corrected chi connectivity index (χ4v) is 4.18. The van der Waals surface area contributed by atoms with Gasteiger partial charge in [-0.15, -0.1) is 0 Å². The highest BCUT2D eigenvalue weighted by Gasteiger charge is 2.24. The average Bonchev–Trinajstić information content (AvgIpc) is 3.28. The molecule has 2 heterocycles. The molecule has 0 atom stereocenters. The normalized spacial score (nSPS) is 14.3. The zero-order valence-corrected chi connectivity index (χ0v) is 17.0. The first-order valence-electron chi connectivity index (χ1n) is 10.3. The number of piperazine rings is 1. The minimum atomic E-state index is 0.0119. The summed E-state index contributed by atoms with van der Waals surface area (Å²) in [6.07, 6.45) is 0. The van der Waals surface area contributed by atoms with Gasteiger partial charge in [-0.05, 0) is 41.5 Å². The summed E-state index contributed by atoms with van der Waals surface area (Å²) in [5, 5.41) is 9.70. The maximum Gasteiger partial charge on any atom is 0.272 e. The van der Waals surface area contributed by atoms with E-state index in [4.69, 9.17) is 0 Å². The van der Waals surface area contributed by atoms with E-state index >= 15 is 0 Å². The molecule has 4 aromatic rings. The molecule has 1 amide bonds. The lowest BCUT2D eigenvalue weighted by atomic mass is 10.0. The van der Waals surface area contributed by atoms with Gasteiger partial charge in [0.2, 0.25) is 0 Å². The highest BCUT2D eigenvalue weighted by atomic mass is 16.2. The van der Waals surface area contributed by atoms with Crippen molar-refractivity contribution in [2.75, 3.05) is 31.1 Å². The van der Waals surface area contributed by atoms with Crippen molar-refractivity contribution in [2.45, 2.75) is 6.92 Å². The number of hydrogen-bond donors (Lipinski definition) is 1. The van der Waals surface area contributed by atoms with Gasteiger partial charge in [0.15, 0.2) is 0 Å². The van der Waals surface area contributed by atoms with Crippen molar-refractivity contribution >= 4 is 22.4 Å². The first kappa shape index (κ1) is 18.4. The Morgan fingerprint density at radius 2 is 1.67 bits per heavy atom. The number of nitrogens with one attached hydrogen (secondary N) is 1. The number of fused-ring (bicyclic) bond motifs is 1. The number of aryl methyl sites for hydroxylation is 1. The van der Waals surface area contributed by atoms with Gasteiger partial charge in [0.25, 0.3) is 5.91 Å². The predicted octanol–water partition coefficient (Wildman–Crippen LogP) is 4.50. The molecular formula is C25H24N4O. The van der Waals surface area contributed by atoms with Crippen molar-refractivity contribution in [1.29, 1.82) is 0 Å². The summed E-state index contributed by atoms with van der Waals surface area (Å²) >= 11 is 0. The second-order valence-corrected chi connectivity index (χ2v) is 7.81. The predicted molar refractivity (Wildman–Crippen MR) is 121 cm³/mol. The highest BCUT2D eigenvalue weighted by molar-refractivity contribution is 5.98. The van der Waals surface area contributed by atoms with Crippen molar-refractivity contribution in [3.63, 3.8) is 0 Å². The Labute approximate surface area is 175 Å². The molecule has 0 saturated carbocycles. The van der Waals surface area contributed by atoms with Crippen LogP contribution in [-0.4, -0.2) is 47.2 Å². The number of aromatic nitrogens is 2. The van der Waals surface area contributed by atoms with Gasteiger partial charge in [0.1, 0.15) is 5.69 Å². The van der Waals surface area contributed by atoms with Crippen LogP contribution in [0.2, 0.25) is 0 Å². The standard InChI is InChI=1S/C25H24N4O/c1-18-6-4-9-20(16-18)28-12-14-29(15-13-28)25(30)24-17-23(26-27-24)22-11-5-8-19-7-2-3-10-21(19)22/h2-11,16-17H,12-15H2,1H3,(H,26,27). The van der Waals surface area contributed by atoms with E-state index in [0.29, 0.717) is 18.8 Å². The molecule has 1 aromatic heterocycles. The largest absolute Gasteiger partial charge is 0.368 e. The van der Waals surface area contributed by atoms with Crippen LogP contribution in [0.5, 0.6) is 0 Å². The Hall–Kier alpha value is -3.60. The summed E-state index contributed by atoms with van der Waals surface area (Å²) in [6, 6.07) is 24.8. The average molecular weight is 396 g/mol. The van der Waals surface area contributed by atoms with Crippen LogP contribution in [0.3, 0.4) is 0 Å². The lowest BCUT2D eigenvalue weighted by Gasteiger charge is -2.36. The van der Waals surface area contributed by atoms with Crippen LogP contribution in [0, 0.1) is 6.92 Å². The number of carbonyl (C=O) groups excluding carboxylic acids is 1. The first-order valence-corrected chi connectivity index (χ1v) is 10.3. The van der Waals surface area contributed by atoms with E-state index in [9.17, 15) is 4.79 Å². The maximum absolute atomic E-state index is 13.0. The summed E-state index contributed by atoms with van der Waals surface area (Å²) in [5.74, 6) is 0.0119. The molecule has 1 aliphatic heterocycles. The topological polar surface area (TPSA) is 52.2 Å². The van der Waals surface area contributed by atoms with Crippen molar-refractivity contribution in [3.8, 4) is 11.3 Å². The van der Waals surface area contributed by atoms with Crippen LogP contribution in [0.15, 0.2) is 72.8 Å². The zero-order chi connectivity index (χ0) is 20.5. The molecule has 3 aromatic carbocycles. The second kappa shape index (κ2) is 7.67. The number of anilines is 1. The molecule has 1 saturated heterocycles. The number of benzene rings is 3. The number of aromatic amines is 1. The summed E-state index contributed by atoms with van der Waals surface area (Å²) in [5.41, 5.74) is 4.86. The fraction of sp³-hybridized carbons (Fsp3) is 0.200. The molecule has 0 aliphatic carbocycles. The molecule has 1 fully saturated rings. The second-order valence-electron chi connectivity index (χ2n) is 7.81. The summed E-state index contributed by atoms with van der Waals surface area (Å²) in [4.78, 5) is 17.3. The number of hydrogen-bond acceptors (Lipinski definition) is 3. The van der Waals surface area contributed by atoms with E-state index in [-0.39, 0.29) is 5.91 Å². The summed E-state index contributed by atoms with van der Waals surface area (Å²) in [6.45, 7) is 5.18. The number of nitrogens with zero attached hydrogens (tertiary/aromatic N) is 3. The third-order valence-electron chi connectivity index (χ3n) is 5.81. The number of rotatable bonds is 3. The van der Waals surface area contributed by atoms with Gasteiger partial charge in [-0.2, -0.15) is 5.10 Å². The van der Waals surface area contributed by atoms with Crippen LogP contribution >= 0.6 is 0 Å². The third kappa shape index (κ3) is 3.43. The molecule has 0 bridgehead atoms. The molecule has 1 N–H and O–H groups in total. The molecule has 0 unspecified atom stereocenters. The van der Waals surface area contributed by atoms with E-state index in [1.54, 1.807) is 0 Å². The quantitative estimate of drug-likeness (QED) is 0.555. The van der Waals surface area contributed by atoms with Crippen LogP contribution in [0.1, 0.15) is 16.1 Å². The van der Waals surface area contributed by atoms with Gasteiger partial charge >= 0.3 is 0 Å². The van der Waals surface area contributed by atoms with Crippen LogP contribution in [-0.2, 0) is 0 Å². The fourth-order valence-electron chi connectivity index (χ4n) is 4.18. The van der Waals surface area contributed by atoms with Crippen molar-refractivity contribution < 1.29 is 4.79 Å². The Morgan fingerprint density at radius 3 is 2.50 bits per heavy atom. The molecule has 1 aliphatic rings. The van der Waals surface area contributed by atoms with Crippen LogP contribution < -0.4 is 4.90 Å². The van der Waals surface area contributed by atoms with Gasteiger partial charge in [-0.25, -0.2) is 0 Å². The smallest absolute Gasteiger partial charge is 0.272 e. The van der Waals surface area contributed by atoms with Crippen LogP contribution in [0.4, 0.5) is 5.69 Å². The first-order chi connectivity index (χ1) is 14.7. The molecule has 5 nitrogen and oxygen atoms in total. The summed E-state index contributed by atoms with van der Waals surface area (Å²) < 4.78 is 0. The van der Waals surface area contributed by atoms with E-state index in [2.05, 4.69) is 64.5 Å². The maximum atomic E-state index is 13.0. The summed E-state index contributed by atoms with van der Waals surface area (Å²) in [7, 11) is 0. The van der Waals surface area contributed by atoms with Crippen molar-refractivity contribution in [3.05, 3.63) is 84.1 Å². The third-order valence-corrected chi connectivity index (χ3v) is 5.81. The molecule has 30 heavy (non-hydrogen) atoms. The van der Waals surface area contributed by atoms with Gasteiger partial charge < -0.3 is 9.80 Å². The number of amides is 1. The van der Waals surface area contributed by atoms with E-state index in [1.807, 2.05) is 35.2 Å². The lowest BCUT2D eigenvalue weighted by Crippen LogP contribution is -2.48. The molecular weight excluding hydrogens is 372 g/mol. The van der Waals surface area contributed by atoms with Gasteiger partial charge in [-0.3, -0.25) is 9.89 Å². The van der Waals surface area contributed by atoms with Gasteiger partial charge in [-0.1, -0.05) is 54.6 Å². The minimum Gasteiger partial charge on any atom is -0.368 e. The Morgan fingerprint density at radius 1 is 0.900 bits per heavy atom. The Kier molecular flexibility index (Phi) is 4.71. The SMILES string of the molecule is Cc1cccc(N2CCN(C(=O)c3cc(-c4cccc5ccccc45)n[nH]3)CC2)c1. The van der Waals surface area contributed by atoms with Gasteiger partial charge in [0.05, 0.1) is 5.69 Å². The van der Waals surface area contributed by atoms with Gasteiger partial charge in [0, 0.05) is 37.4 Å². The number of carbonyl (C=O) groups is 1. The Balaban J connectivity index is 1.32. The molecule has 0 radical (unpaired) electrons. The van der Waals surface area contributed by atoms with Crippen LogP contribution in [0.25, 0.3) is 22.0 Å².